The normalized spacial score (nSPS) is 14.7. The van der Waals surface area contributed by atoms with Crippen LogP contribution in [0.5, 0.6) is 0 Å². The third-order valence-electron chi connectivity index (χ3n) is 3.96. The van der Waals surface area contributed by atoms with E-state index in [1.807, 2.05) is 4.90 Å². The van der Waals surface area contributed by atoms with Gasteiger partial charge in [0, 0.05) is 50.3 Å². The molecule has 1 fully saturated rings. The molecule has 2 aromatic rings. The number of nitrogens with zero attached hydrogens (tertiary/aromatic N) is 5. The number of amides is 1. The van der Waals surface area contributed by atoms with Gasteiger partial charge in [-0.15, -0.1) is 0 Å². The summed E-state index contributed by atoms with van der Waals surface area (Å²) in [6, 6.07) is 1.76. The van der Waals surface area contributed by atoms with Crippen LogP contribution < -0.4 is 16.1 Å². The summed E-state index contributed by atoms with van der Waals surface area (Å²) in [4.78, 5) is 49.8. The van der Waals surface area contributed by atoms with E-state index in [-0.39, 0.29) is 12.5 Å². The Morgan fingerprint density at radius 1 is 1.17 bits per heavy atom. The topological polar surface area (TPSA) is 104 Å². The van der Waals surface area contributed by atoms with E-state index in [2.05, 4.69) is 15.0 Å². The van der Waals surface area contributed by atoms with Crippen molar-refractivity contribution in [2.75, 3.05) is 31.1 Å². The number of aryl methyl sites for hydroxylation is 1. The van der Waals surface area contributed by atoms with Gasteiger partial charge in [-0.05, 0) is 13.0 Å². The summed E-state index contributed by atoms with van der Waals surface area (Å²) < 4.78 is 1.23. The number of rotatable bonds is 3. The molecule has 1 N–H and O–H groups in total. The zero-order valence-electron chi connectivity index (χ0n) is 13.3. The highest BCUT2D eigenvalue weighted by molar-refractivity contribution is 5.76. The fourth-order valence-corrected chi connectivity index (χ4v) is 2.59. The number of hydrogen-bond acceptors (Lipinski definition) is 6. The van der Waals surface area contributed by atoms with Gasteiger partial charge in [0.25, 0.3) is 5.56 Å². The number of piperazine rings is 1. The second-order valence-corrected chi connectivity index (χ2v) is 5.62. The SMILES string of the molecule is Cc1cn(CC(=O)N2CCN(c3ncccn3)CC2)c(=O)[nH]c1=O. The lowest BCUT2D eigenvalue weighted by Crippen LogP contribution is -2.50. The van der Waals surface area contributed by atoms with Crippen LogP contribution in [0.15, 0.2) is 34.2 Å². The fraction of sp³-hybridized carbons (Fsp3) is 0.400. The number of carbonyl (C=O) groups is 1. The quantitative estimate of drug-likeness (QED) is 0.773. The molecule has 3 rings (SSSR count). The number of anilines is 1. The molecule has 1 aliphatic heterocycles. The maximum atomic E-state index is 12.4. The maximum absolute atomic E-state index is 12.4. The standard InChI is InChI=1S/C15H18N6O3/c1-11-9-21(15(24)18-13(11)23)10-12(22)19-5-7-20(8-6-19)14-16-3-2-4-17-14/h2-4,9H,5-8,10H2,1H3,(H,18,23,24). The molecule has 0 spiro atoms. The van der Waals surface area contributed by atoms with Crippen molar-refractivity contribution in [3.8, 4) is 0 Å². The van der Waals surface area contributed by atoms with E-state index in [1.54, 1.807) is 30.3 Å². The molecule has 126 valence electrons. The number of H-pyrrole nitrogens is 1. The molecule has 1 amide bonds. The molecular formula is C15H18N6O3. The Kier molecular flexibility index (Phi) is 4.41. The maximum Gasteiger partial charge on any atom is 0.328 e. The van der Waals surface area contributed by atoms with E-state index < -0.39 is 11.2 Å². The van der Waals surface area contributed by atoms with Gasteiger partial charge in [-0.2, -0.15) is 0 Å². The monoisotopic (exact) mass is 330 g/mol. The highest BCUT2D eigenvalue weighted by atomic mass is 16.2. The molecule has 9 heteroatoms. The first-order valence-electron chi connectivity index (χ1n) is 7.65. The number of nitrogens with one attached hydrogen (secondary N) is 1. The van der Waals surface area contributed by atoms with E-state index >= 15 is 0 Å². The molecule has 1 aliphatic rings. The van der Waals surface area contributed by atoms with Crippen molar-refractivity contribution in [1.29, 1.82) is 0 Å². The van der Waals surface area contributed by atoms with Crippen molar-refractivity contribution in [2.45, 2.75) is 13.5 Å². The minimum absolute atomic E-state index is 0.0850. The average molecular weight is 330 g/mol. The van der Waals surface area contributed by atoms with Gasteiger partial charge in [-0.3, -0.25) is 19.1 Å². The van der Waals surface area contributed by atoms with Gasteiger partial charge >= 0.3 is 5.69 Å². The van der Waals surface area contributed by atoms with Crippen LogP contribution in [0.4, 0.5) is 5.95 Å². The Balaban J connectivity index is 1.63. The number of aromatic nitrogens is 4. The smallest absolute Gasteiger partial charge is 0.328 e. The van der Waals surface area contributed by atoms with E-state index in [9.17, 15) is 14.4 Å². The predicted molar refractivity (Wildman–Crippen MR) is 86.9 cm³/mol. The first-order valence-corrected chi connectivity index (χ1v) is 7.65. The van der Waals surface area contributed by atoms with Crippen molar-refractivity contribution in [1.82, 2.24) is 24.4 Å². The minimum Gasteiger partial charge on any atom is -0.338 e. The molecular weight excluding hydrogens is 312 g/mol. The van der Waals surface area contributed by atoms with Crippen LogP contribution in [-0.2, 0) is 11.3 Å². The summed E-state index contributed by atoms with van der Waals surface area (Å²) in [7, 11) is 0. The van der Waals surface area contributed by atoms with Gasteiger partial charge in [-0.25, -0.2) is 14.8 Å². The molecule has 0 radical (unpaired) electrons. The molecule has 1 saturated heterocycles. The summed E-state index contributed by atoms with van der Waals surface area (Å²) in [5.41, 5.74) is -0.608. The molecule has 0 aromatic carbocycles. The largest absolute Gasteiger partial charge is 0.338 e. The van der Waals surface area contributed by atoms with E-state index in [0.717, 1.165) is 0 Å². The second-order valence-electron chi connectivity index (χ2n) is 5.62. The second kappa shape index (κ2) is 6.65. The van der Waals surface area contributed by atoms with E-state index in [4.69, 9.17) is 0 Å². The van der Waals surface area contributed by atoms with Crippen LogP contribution in [-0.4, -0.2) is 56.5 Å². The summed E-state index contributed by atoms with van der Waals surface area (Å²) in [5, 5.41) is 0. The lowest BCUT2D eigenvalue weighted by molar-refractivity contribution is -0.132. The fourth-order valence-electron chi connectivity index (χ4n) is 2.59. The summed E-state index contributed by atoms with van der Waals surface area (Å²) >= 11 is 0. The Bertz CT molecular complexity index is 836. The van der Waals surface area contributed by atoms with Crippen molar-refractivity contribution in [2.24, 2.45) is 0 Å². The predicted octanol–water partition coefficient (Wildman–Crippen LogP) is -1.02. The molecule has 3 heterocycles. The van der Waals surface area contributed by atoms with Gasteiger partial charge in [0.1, 0.15) is 6.54 Å². The lowest BCUT2D eigenvalue weighted by Gasteiger charge is -2.34. The molecule has 9 nitrogen and oxygen atoms in total. The molecule has 0 unspecified atom stereocenters. The zero-order valence-corrected chi connectivity index (χ0v) is 13.3. The number of hydrogen-bond donors (Lipinski definition) is 1. The summed E-state index contributed by atoms with van der Waals surface area (Å²) in [6.07, 6.45) is 4.78. The Hall–Kier alpha value is -2.97. The van der Waals surface area contributed by atoms with Crippen LogP contribution in [0.3, 0.4) is 0 Å². The van der Waals surface area contributed by atoms with Crippen molar-refractivity contribution < 1.29 is 4.79 Å². The van der Waals surface area contributed by atoms with Crippen molar-refractivity contribution >= 4 is 11.9 Å². The number of aromatic amines is 1. The molecule has 0 saturated carbocycles. The molecule has 0 bridgehead atoms. The molecule has 0 atom stereocenters. The third kappa shape index (κ3) is 3.34. The van der Waals surface area contributed by atoms with E-state index in [0.29, 0.717) is 37.7 Å². The van der Waals surface area contributed by atoms with Gasteiger partial charge in [0.05, 0.1) is 0 Å². The lowest BCUT2D eigenvalue weighted by atomic mass is 10.3. The Morgan fingerprint density at radius 3 is 2.50 bits per heavy atom. The van der Waals surface area contributed by atoms with Crippen LogP contribution in [0.25, 0.3) is 0 Å². The molecule has 0 aliphatic carbocycles. The van der Waals surface area contributed by atoms with E-state index in [1.165, 1.54) is 10.8 Å². The van der Waals surface area contributed by atoms with Crippen molar-refractivity contribution in [3.63, 3.8) is 0 Å². The van der Waals surface area contributed by atoms with Crippen LogP contribution in [0.2, 0.25) is 0 Å². The van der Waals surface area contributed by atoms with Crippen molar-refractivity contribution in [3.05, 3.63) is 51.1 Å². The average Bonchev–Trinajstić information content (AvgIpc) is 2.60. The number of carbonyl (C=O) groups excluding carboxylic acids is 1. The zero-order chi connectivity index (χ0) is 17.1. The first-order chi connectivity index (χ1) is 11.5. The summed E-state index contributed by atoms with van der Waals surface area (Å²) in [6.45, 7) is 3.85. The van der Waals surface area contributed by atoms with Gasteiger partial charge < -0.3 is 9.80 Å². The molecule has 24 heavy (non-hydrogen) atoms. The third-order valence-corrected chi connectivity index (χ3v) is 3.96. The minimum atomic E-state index is -0.574. The van der Waals surface area contributed by atoms with Gasteiger partial charge in [-0.1, -0.05) is 0 Å². The highest BCUT2D eigenvalue weighted by Crippen LogP contribution is 2.10. The van der Waals surface area contributed by atoms with Gasteiger partial charge in [0.15, 0.2) is 0 Å². The van der Waals surface area contributed by atoms with Crippen LogP contribution >= 0.6 is 0 Å². The summed E-state index contributed by atoms with van der Waals surface area (Å²) in [5.74, 6) is 0.495. The van der Waals surface area contributed by atoms with Crippen LogP contribution in [0, 0.1) is 6.92 Å². The molecule has 2 aromatic heterocycles. The van der Waals surface area contributed by atoms with Gasteiger partial charge in [0.2, 0.25) is 11.9 Å². The Labute approximate surface area is 137 Å². The van der Waals surface area contributed by atoms with Crippen LogP contribution in [0.1, 0.15) is 5.56 Å². The first kappa shape index (κ1) is 15.9. The Morgan fingerprint density at radius 2 is 1.83 bits per heavy atom. The highest BCUT2D eigenvalue weighted by Gasteiger charge is 2.22.